The summed E-state index contributed by atoms with van der Waals surface area (Å²) in [5.74, 6) is 1.41. The van der Waals surface area contributed by atoms with E-state index in [9.17, 15) is 17.4 Å². The molecule has 2 heterocycles. The zero-order valence-corrected chi connectivity index (χ0v) is 18.2. The van der Waals surface area contributed by atoms with Gasteiger partial charge in [-0.15, -0.1) is 0 Å². The molecule has 0 bridgehead atoms. The Labute approximate surface area is 174 Å². The molecule has 2 aliphatic rings. The summed E-state index contributed by atoms with van der Waals surface area (Å²) < 4.78 is 39.6. The Morgan fingerprint density at radius 1 is 1.31 bits per heavy atom. The Hall–Kier alpha value is -1.78. The zero-order valence-electron chi connectivity index (χ0n) is 16.6. The lowest BCUT2D eigenvalue weighted by atomic mass is 10.2. The predicted molar refractivity (Wildman–Crippen MR) is 115 cm³/mol. The fourth-order valence-corrected chi connectivity index (χ4v) is 5.92. The maximum Gasteiger partial charge on any atom is 0.262 e. The Bertz CT molecular complexity index is 901. The second-order valence-corrected chi connectivity index (χ2v) is 10.8. The average Bonchev–Trinajstić information content (AvgIpc) is 2.92. The fourth-order valence-electron chi connectivity index (χ4n) is 3.43. The molecule has 2 aliphatic heterocycles. The van der Waals surface area contributed by atoms with Crippen molar-refractivity contribution in [1.29, 1.82) is 0 Å². The minimum atomic E-state index is -3.75. The number of aliphatic imine (C=N–C) groups is 1. The van der Waals surface area contributed by atoms with Gasteiger partial charge < -0.3 is 5.32 Å². The van der Waals surface area contributed by atoms with Gasteiger partial charge in [-0.05, 0) is 38.0 Å². The van der Waals surface area contributed by atoms with Crippen LogP contribution in [0.5, 0.6) is 0 Å². The molecule has 2 atom stereocenters. The summed E-state index contributed by atoms with van der Waals surface area (Å²) in [7, 11) is -4.57. The van der Waals surface area contributed by atoms with Crippen molar-refractivity contribution in [2.45, 2.75) is 43.5 Å². The van der Waals surface area contributed by atoms with E-state index in [-0.39, 0.29) is 23.4 Å². The van der Waals surface area contributed by atoms with Gasteiger partial charge in [0.1, 0.15) is 5.84 Å². The SMILES string of the molecule is C[C@H]1C[S@@](=O)CCN1CC(=O)Nc1cccc(S(=O)(=O)NC2=NCCCCC2)c1. The third kappa shape index (κ3) is 6.35. The minimum Gasteiger partial charge on any atom is -0.325 e. The van der Waals surface area contributed by atoms with Crippen LogP contribution in [0, 0.1) is 0 Å². The van der Waals surface area contributed by atoms with E-state index < -0.39 is 20.8 Å². The Morgan fingerprint density at radius 3 is 2.93 bits per heavy atom. The van der Waals surface area contributed by atoms with Gasteiger partial charge >= 0.3 is 0 Å². The van der Waals surface area contributed by atoms with Gasteiger partial charge in [0.25, 0.3) is 10.0 Å². The summed E-state index contributed by atoms with van der Waals surface area (Å²) in [5, 5.41) is 2.77. The first-order valence-corrected chi connectivity index (χ1v) is 12.9. The summed E-state index contributed by atoms with van der Waals surface area (Å²) in [5.41, 5.74) is 0.425. The summed E-state index contributed by atoms with van der Waals surface area (Å²) in [6, 6.07) is 6.29. The van der Waals surface area contributed by atoms with Gasteiger partial charge in [-0.1, -0.05) is 12.5 Å². The Morgan fingerprint density at radius 2 is 2.14 bits per heavy atom. The number of nitrogens with one attached hydrogen (secondary N) is 2. The van der Waals surface area contributed by atoms with E-state index in [0.717, 1.165) is 19.3 Å². The largest absolute Gasteiger partial charge is 0.325 e. The van der Waals surface area contributed by atoms with Crippen LogP contribution in [-0.4, -0.2) is 66.5 Å². The molecular formula is C19H28N4O4S2. The molecule has 8 nitrogen and oxygen atoms in total. The van der Waals surface area contributed by atoms with Gasteiger partial charge in [0, 0.05) is 53.5 Å². The smallest absolute Gasteiger partial charge is 0.262 e. The molecule has 2 N–H and O–H groups in total. The van der Waals surface area contributed by atoms with E-state index in [1.54, 1.807) is 12.1 Å². The quantitative estimate of drug-likeness (QED) is 0.718. The molecule has 1 aromatic rings. The van der Waals surface area contributed by atoms with E-state index in [2.05, 4.69) is 15.0 Å². The van der Waals surface area contributed by atoms with E-state index in [4.69, 9.17) is 0 Å². The first-order valence-electron chi connectivity index (χ1n) is 9.88. The van der Waals surface area contributed by atoms with Crippen LogP contribution in [0.25, 0.3) is 0 Å². The lowest BCUT2D eigenvalue weighted by Gasteiger charge is -2.32. The number of hydrogen-bond donors (Lipinski definition) is 2. The van der Waals surface area contributed by atoms with Crippen molar-refractivity contribution in [2.24, 2.45) is 4.99 Å². The third-order valence-corrected chi connectivity index (χ3v) is 7.93. The number of rotatable bonds is 5. The van der Waals surface area contributed by atoms with Crippen molar-refractivity contribution in [3.8, 4) is 0 Å². The number of sulfonamides is 1. The van der Waals surface area contributed by atoms with Gasteiger partial charge in [-0.2, -0.15) is 0 Å². The summed E-state index contributed by atoms with van der Waals surface area (Å²) in [6.07, 6.45) is 3.55. The number of nitrogens with zero attached hydrogens (tertiary/aromatic N) is 2. The Kier molecular flexibility index (Phi) is 7.42. The fraction of sp³-hybridized carbons (Fsp3) is 0.579. The average molecular weight is 441 g/mol. The van der Waals surface area contributed by atoms with E-state index >= 15 is 0 Å². The highest BCUT2D eigenvalue weighted by atomic mass is 32.2. The molecule has 160 valence electrons. The topological polar surface area (TPSA) is 108 Å². The molecule has 1 saturated heterocycles. The van der Waals surface area contributed by atoms with Crippen LogP contribution >= 0.6 is 0 Å². The van der Waals surface area contributed by atoms with Crippen molar-refractivity contribution in [1.82, 2.24) is 9.62 Å². The highest BCUT2D eigenvalue weighted by Crippen LogP contribution is 2.17. The lowest BCUT2D eigenvalue weighted by molar-refractivity contribution is -0.117. The molecule has 10 heteroatoms. The number of anilines is 1. The molecule has 0 radical (unpaired) electrons. The van der Waals surface area contributed by atoms with Gasteiger partial charge in [0.15, 0.2) is 0 Å². The lowest BCUT2D eigenvalue weighted by Crippen LogP contribution is -2.47. The molecule has 3 rings (SSSR count). The second kappa shape index (κ2) is 9.82. The normalized spacial score (nSPS) is 23.7. The van der Waals surface area contributed by atoms with Crippen LogP contribution < -0.4 is 10.0 Å². The molecule has 0 aromatic heterocycles. The van der Waals surface area contributed by atoms with Crippen LogP contribution in [0.2, 0.25) is 0 Å². The number of amides is 1. The van der Waals surface area contributed by atoms with Gasteiger partial charge in [0.2, 0.25) is 5.91 Å². The molecular weight excluding hydrogens is 412 g/mol. The maximum atomic E-state index is 12.7. The number of benzene rings is 1. The Balaban J connectivity index is 1.63. The molecule has 0 spiro atoms. The van der Waals surface area contributed by atoms with Crippen molar-refractivity contribution in [3.05, 3.63) is 24.3 Å². The van der Waals surface area contributed by atoms with Crippen molar-refractivity contribution >= 4 is 38.3 Å². The maximum absolute atomic E-state index is 12.7. The molecule has 1 fully saturated rings. The summed E-state index contributed by atoms with van der Waals surface area (Å²) in [4.78, 5) is 18.8. The van der Waals surface area contributed by atoms with Gasteiger partial charge in [0.05, 0.1) is 11.4 Å². The van der Waals surface area contributed by atoms with E-state index in [1.165, 1.54) is 12.1 Å². The highest BCUT2D eigenvalue weighted by molar-refractivity contribution is 7.90. The second-order valence-electron chi connectivity index (χ2n) is 7.45. The van der Waals surface area contributed by atoms with Gasteiger partial charge in [-0.25, -0.2) is 8.42 Å². The molecule has 1 amide bonds. The van der Waals surface area contributed by atoms with Crippen LogP contribution in [0.4, 0.5) is 5.69 Å². The van der Waals surface area contributed by atoms with E-state index in [1.807, 2.05) is 11.8 Å². The number of hydrogen-bond acceptors (Lipinski definition) is 6. The van der Waals surface area contributed by atoms with Crippen LogP contribution in [-0.2, 0) is 25.6 Å². The van der Waals surface area contributed by atoms with Crippen LogP contribution in [0.3, 0.4) is 0 Å². The number of carbonyl (C=O) groups is 1. The van der Waals surface area contributed by atoms with Crippen LogP contribution in [0.1, 0.15) is 32.6 Å². The van der Waals surface area contributed by atoms with Gasteiger partial charge in [-0.3, -0.25) is 23.6 Å². The minimum absolute atomic E-state index is 0.0756. The molecule has 0 saturated carbocycles. The first-order chi connectivity index (χ1) is 13.8. The van der Waals surface area contributed by atoms with Crippen molar-refractivity contribution in [3.63, 3.8) is 0 Å². The molecule has 0 aliphatic carbocycles. The summed E-state index contributed by atoms with van der Waals surface area (Å²) >= 11 is 0. The van der Waals surface area contributed by atoms with Crippen LogP contribution in [0.15, 0.2) is 34.2 Å². The molecule has 29 heavy (non-hydrogen) atoms. The van der Waals surface area contributed by atoms with Crippen molar-refractivity contribution < 1.29 is 17.4 Å². The highest BCUT2D eigenvalue weighted by Gasteiger charge is 2.24. The third-order valence-electron chi connectivity index (χ3n) is 5.06. The molecule has 0 unspecified atom stereocenters. The number of amidine groups is 1. The predicted octanol–water partition coefficient (Wildman–Crippen LogP) is 1.33. The number of carbonyl (C=O) groups excluding carboxylic acids is 1. The summed E-state index contributed by atoms with van der Waals surface area (Å²) in [6.45, 7) is 3.39. The first kappa shape index (κ1) is 21.9. The monoisotopic (exact) mass is 440 g/mol. The molecule has 1 aromatic carbocycles. The van der Waals surface area contributed by atoms with E-state index in [0.29, 0.717) is 42.5 Å². The standard InChI is InChI=1S/C19H28N4O4S2/c1-15-14-28(25)11-10-23(15)13-19(24)21-16-6-5-7-17(12-16)29(26,27)22-18-8-3-2-4-9-20-18/h5-7,12,15H,2-4,8-11,13-14H2,1H3,(H,20,22)(H,21,24)/t15-,28-/m0/s1. The zero-order chi connectivity index (χ0) is 20.9. The van der Waals surface area contributed by atoms with Crippen molar-refractivity contribution in [2.75, 3.05) is 36.5 Å².